The van der Waals surface area contributed by atoms with E-state index < -0.39 is 30.1 Å². The molecule has 3 aromatic rings. The van der Waals surface area contributed by atoms with E-state index >= 15 is 0 Å². The zero-order chi connectivity index (χ0) is 30.1. The van der Waals surface area contributed by atoms with Gasteiger partial charge in [0.2, 0.25) is 17.7 Å². The van der Waals surface area contributed by atoms with Crippen molar-refractivity contribution in [2.75, 3.05) is 14.1 Å². The summed E-state index contributed by atoms with van der Waals surface area (Å²) in [5.74, 6) is -0.380. The number of rotatable bonds is 8. The van der Waals surface area contributed by atoms with Crippen LogP contribution in [0.1, 0.15) is 43.1 Å². The Hall–Kier alpha value is -4.43. The summed E-state index contributed by atoms with van der Waals surface area (Å²) in [6.07, 6.45) is 3.35. The Bertz CT molecular complexity index is 1360. The van der Waals surface area contributed by atoms with Gasteiger partial charge < -0.3 is 20.7 Å². The van der Waals surface area contributed by atoms with Gasteiger partial charge in [-0.3, -0.25) is 19.3 Å². The van der Waals surface area contributed by atoms with E-state index in [-0.39, 0.29) is 24.2 Å². The van der Waals surface area contributed by atoms with Crippen LogP contribution in [-0.2, 0) is 20.8 Å². The highest BCUT2D eigenvalue weighted by Gasteiger charge is 2.37. The van der Waals surface area contributed by atoms with Crippen molar-refractivity contribution in [2.45, 2.75) is 50.9 Å². The fourth-order valence-electron chi connectivity index (χ4n) is 4.94. The lowest BCUT2D eigenvalue weighted by Gasteiger charge is -2.32. The number of carbonyl (C=O) groups is 3. The number of hydrogen-bond donors (Lipinski definition) is 3. The van der Waals surface area contributed by atoms with Crippen LogP contribution in [0, 0.1) is 5.92 Å². The monoisotopic (exact) mass is 568 g/mol. The van der Waals surface area contributed by atoms with Crippen molar-refractivity contribution in [3.05, 3.63) is 108 Å². The van der Waals surface area contributed by atoms with Crippen LogP contribution in [0.4, 0.5) is 0 Å². The van der Waals surface area contributed by atoms with Crippen molar-refractivity contribution in [3.63, 3.8) is 0 Å². The van der Waals surface area contributed by atoms with Crippen molar-refractivity contribution in [3.8, 4) is 5.75 Å². The third-order valence-electron chi connectivity index (χ3n) is 7.19. The van der Waals surface area contributed by atoms with E-state index in [0.717, 1.165) is 11.1 Å². The van der Waals surface area contributed by atoms with E-state index in [1.165, 1.54) is 0 Å². The van der Waals surface area contributed by atoms with Crippen molar-refractivity contribution in [1.82, 2.24) is 20.9 Å². The largest absolute Gasteiger partial charge is 0.483 e. The van der Waals surface area contributed by atoms with Crippen molar-refractivity contribution in [1.29, 1.82) is 0 Å². The second-order valence-corrected chi connectivity index (χ2v) is 11.2. The van der Waals surface area contributed by atoms with Gasteiger partial charge in [-0.1, -0.05) is 86.6 Å². The highest BCUT2D eigenvalue weighted by molar-refractivity contribution is 5.94. The maximum absolute atomic E-state index is 14.2. The normalized spacial score (nSPS) is 20.7. The van der Waals surface area contributed by atoms with Crippen LogP contribution in [0.15, 0.2) is 91.1 Å². The zero-order valence-corrected chi connectivity index (χ0v) is 24.6. The van der Waals surface area contributed by atoms with Gasteiger partial charge in [0.15, 0.2) is 6.10 Å². The second kappa shape index (κ2) is 14.5. The van der Waals surface area contributed by atoms with E-state index in [2.05, 4.69) is 29.8 Å². The van der Waals surface area contributed by atoms with E-state index in [0.29, 0.717) is 17.7 Å². The molecule has 8 heteroatoms. The van der Waals surface area contributed by atoms with Crippen LogP contribution in [0.5, 0.6) is 5.75 Å². The lowest BCUT2D eigenvalue weighted by atomic mass is 9.97. The summed E-state index contributed by atoms with van der Waals surface area (Å²) in [4.78, 5) is 43.2. The van der Waals surface area contributed by atoms with Gasteiger partial charge in [-0.15, -0.1) is 0 Å². The summed E-state index contributed by atoms with van der Waals surface area (Å²) in [5.41, 5.74) is 2.47. The number of likely N-dealkylation sites (N-methyl/N-ethyl adjacent to an activating group) is 1. The third-order valence-corrected chi connectivity index (χ3v) is 7.19. The van der Waals surface area contributed by atoms with Crippen molar-refractivity contribution in [2.24, 2.45) is 5.92 Å². The van der Waals surface area contributed by atoms with Crippen LogP contribution in [0.25, 0.3) is 6.08 Å². The minimum atomic E-state index is -1.14. The highest BCUT2D eigenvalue weighted by atomic mass is 16.5. The number of carbonyl (C=O) groups excluding carboxylic acids is 3. The second-order valence-electron chi connectivity index (χ2n) is 11.2. The number of nitrogens with one attached hydrogen (secondary N) is 3. The summed E-state index contributed by atoms with van der Waals surface area (Å²) in [6.45, 7) is 4.11. The Kier molecular flexibility index (Phi) is 10.5. The predicted molar refractivity (Wildman–Crippen MR) is 164 cm³/mol. The van der Waals surface area contributed by atoms with Crippen LogP contribution >= 0.6 is 0 Å². The lowest BCUT2D eigenvalue weighted by molar-refractivity contribution is -0.135. The first kappa shape index (κ1) is 30.5. The highest BCUT2D eigenvalue weighted by Crippen LogP contribution is 2.27. The maximum Gasteiger partial charge on any atom is 0.247 e. The SMILES string of the molecule is CC(C)C[C@@H](C(=O)N[C@@H]1C(=O)N[C@@H](Cc2ccccc2)C(=O)N/C=C\c2ccc(cc2)O[C@@H]1c1ccccc1)N(C)C. The van der Waals surface area contributed by atoms with Gasteiger partial charge in [-0.25, -0.2) is 0 Å². The molecule has 0 unspecified atom stereocenters. The quantitative estimate of drug-likeness (QED) is 0.380. The summed E-state index contributed by atoms with van der Waals surface area (Å²) in [5, 5.41) is 8.75. The van der Waals surface area contributed by atoms with Gasteiger partial charge in [-0.05, 0) is 61.3 Å². The summed E-state index contributed by atoms with van der Waals surface area (Å²) >= 11 is 0. The molecule has 2 heterocycles. The van der Waals surface area contributed by atoms with Gasteiger partial charge in [0.25, 0.3) is 0 Å². The molecule has 3 aromatic carbocycles. The Morgan fingerprint density at radius 1 is 0.905 bits per heavy atom. The fraction of sp³-hybridized carbons (Fsp3) is 0.324. The molecule has 2 aliphatic rings. The molecule has 0 radical (unpaired) electrons. The Morgan fingerprint density at radius 2 is 1.55 bits per heavy atom. The minimum Gasteiger partial charge on any atom is -0.483 e. The average molecular weight is 569 g/mol. The van der Waals surface area contributed by atoms with Crippen LogP contribution in [0.2, 0.25) is 0 Å². The van der Waals surface area contributed by atoms with Crippen LogP contribution in [0.3, 0.4) is 0 Å². The molecule has 0 aromatic heterocycles. The first-order valence-corrected chi connectivity index (χ1v) is 14.3. The molecule has 220 valence electrons. The third kappa shape index (κ3) is 8.30. The van der Waals surface area contributed by atoms with E-state index in [1.807, 2.05) is 91.8 Å². The number of fused-ring (bicyclic) bond motifs is 10. The Balaban J connectivity index is 1.78. The molecule has 42 heavy (non-hydrogen) atoms. The summed E-state index contributed by atoms with van der Waals surface area (Å²) in [7, 11) is 3.70. The first-order valence-electron chi connectivity index (χ1n) is 14.3. The molecule has 0 fully saturated rings. The molecular weight excluding hydrogens is 528 g/mol. The van der Waals surface area contributed by atoms with Gasteiger partial charge in [0.1, 0.15) is 17.8 Å². The summed E-state index contributed by atoms with van der Waals surface area (Å²) < 4.78 is 6.47. The smallest absolute Gasteiger partial charge is 0.247 e. The number of amides is 3. The molecule has 8 nitrogen and oxygen atoms in total. The summed E-state index contributed by atoms with van der Waals surface area (Å²) in [6, 6.07) is 23.7. The van der Waals surface area contributed by atoms with Gasteiger partial charge in [0.05, 0.1) is 6.04 Å². The molecule has 0 aliphatic carbocycles. The van der Waals surface area contributed by atoms with E-state index in [9.17, 15) is 14.4 Å². The molecule has 3 N–H and O–H groups in total. The molecular formula is C34H40N4O4. The number of nitrogens with zero attached hydrogens (tertiary/aromatic N) is 1. The van der Waals surface area contributed by atoms with Crippen molar-refractivity contribution >= 4 is 23.8 Å². The molecule has 0 spiro atoms. The van der Waals surface area contributed by atoms with Gasteiger partial charge in [0, 0.05) is 12.6 Å². The molecule has 5 rings (SSSR count). The topological polar surface area (TPSA) is 99.8 Å². The Morgan fingerprint density at radius 3 is 2.17 bits per heavy atom. The molecule has 2 bridgehead atoms. The van der Waals surface area contributed by atoms with Crippen LogP contribution in [-0.4, -0.2) is 54.8 Å². The molecule has 3 amide bonds. The zero-order valence-electron chi connectivity index (χ0n) is 24.6. The molecule has 2 aliphatic heterocycles. The fourth-order valence-corrected chi connectivity index (χ4v) is 4.94. The van der Waals surface area contributed by atoms with Gasteiger partial charge >= 0.3 is 0 Å². The molecule has 0 saturated carbocycles. The average Bonchev–Trinajstić information content (AvgIpc) is 2.98. The van der Waals surface area contributed by atoms with E-state index in [4.69, 9.17) is 4.74 Å². The predicted octanol–water partition coefficient (Wildman–Crippen LogP) is 4.10. The maximum atomic E-state index is 14.2. The van der Waals surface area contributed by atoms with Gasteiger partial charge in [-0.2, -0.15) is 0 Å². The lowest BCUT2D eigenvalue weighted by Crippen LogP contribution is -2.58. The van der Waals surface area contributed by atoms with E-state index in [1.54, 1.807) is 24.4 Å². The standard InChI is InChI=1S/C34H40N4O4/c1-23(2)21-29(38(3)4)33(40)37-30-31(26-13-9-6-10-14-26)42-27-17-15-24(16-18-27)19-20-35-32(39)28(36-34(30)41)22-25-11-7-5-8-12-25/h5-20,23,28-31H,21-22H2,1-4H3,(H,35,39)(H,36,41)(H,37,40)/b20-19-/t28-,29-,30-,31+/m0/s1. The van der Waals surface area contributed by atoms with Crippen LogP contribution < -0.4 is 20.7 Å². The van der Waals surface area contributed by atoms with Crippen molar-refractivity contribution < 1.29 is 19.1 Å². The Labute approximate surface area is 248 Å². The number of benzene rings is 3. The number of hydrogen-bond acceptors (Lipinski definition) is 5. The number of ether oxygens (including phenoxy) is 1. The first-order chi connectivity index (χ1) is 20.2. The minimum absolute atomic E-state index is 0.257. The molecule has 0 saturated heterocycles. The molecule has 4 atom stereocenters.